The van der Waals surface area contributed by atoms with Crippen LogP contribution in [0.25, 0.3) is 21.8 Å². The van der Waals surface area contributed by atoms with Crippen molar-refractivity contribution in [3.63, 3.8) is 0 Å². The van der Waals surface area contributed by atoms with Gasteiger partial charge >= 0.3 is 0 Å². The quantitative estimate of drug-likeness (QED) is 0.480. The molecule has 0 spiro atoms. The third kappa shape index (κ3) is 2.91. The second-order valence-corrected chi connectivity index (χ2v) is 6.94. The standard InChI is InChI=1S/C23H22N2O/c1-14-4-9-19-21(10-14)25-22-12-16(3)15(2)11-20(22)23(19)24-18-7-5-17(13-26)6-8-18/h4-12,26H,13H2,1-3H3,(H,24,25). The Kier molecular flexibility index (Phi) is 4.09. The molecule has 4 aromatic rings. The lowest BCUT2D eigenvalue weighted by atomic mass is 10.0. The molecule has 1 heterocycles. The fraction of sp³-hybridized carbons (Fsp3) is 0.174. The number of aryl methyl sites for hydroxylation is 3. The molecule has 0 saturated carbocycles. The Hall–Kier alpha value is -2.91. The average molecular weight is 342 g/mol. The van der Waals surface area contributed by atoms with E-state index in [0.717, 1.165) is 38.7 Å². The second-order valence-electron chi connectivity index (χ2n) is 6.94. The minimum Gasteiger partial charge on any atom is -0.392 e. The molecule has 0 fully saturated rings. The number of pyridine rings is 1. The first kappa shape index (κ1) is 16.6. The van der Waals surface area contributed by atoms with Crippen LogP contribution >= 0.6 is 0 Å². The van der Waals surface area contributed by atoms with E-state index in [9.17, 15) is 5.11 Å². The highest BCUT2D eigenvalue weighted by atomic mass is 16.3. The molecule has 0 saturated heterocycles. The Morgan fingerprint density at radius 2 is 1.50 bits per heavy atom. The van der Waals surface area contributed by atoms with Gasteiger partial charge < -0.3 is 10.4 Å². The highest BCUT2D eigenvalue weighted by Crippen LogP contribution is 2.34. The van der Waals surface area contributed by atoms with Crippen molar-refractivity contribution >= 4 is 33.2 Å². The fourth-order valence-corrected chi connectivity index (χ4v) is 3.29. The van der Waals surface area contributed by atoms with E-state index in [1.54, 1.807) is 0 Å². The third-order valence-electron chi connectivity index (χ3n) is 4.95. The minimum atomic E-state index is 0.0547. The van der Waals surface area contributed by atoms with Gasteiger partial charge in [0.05, 0.1) is 23.3 Å². The molecular weight excluding hydrogens is 320 g/mol. The number of hydrogen-bond acceptors (Lipinski definition) is 3. The highest BCUT2D eigenvalue weighted by Gasteiger charge is 2.11. The summed E-state index contributed by atoms with van der Waals surface area (Å²) < 4.78 is 0. The van der Waals surface area contributed by atoms with Crippen molar-refractivity contribution in [3.05, 3.63) is 76.9 Å². The van der Waals surface area contributed by atoms with Crippen LogP contribution in [0.4, 0.5) is 11.4 Å². The number of fused-ring (bicyclic) bond motifs is 2. The smallest absolute Gasteiger partial charge is 0.0733 e. The van der Waals surface area contributed by atoms with Crippen molar-refractivity contribution in [2.24, 2.45) is 0 Å². The molecule has 1 aromatic heterocycles. The molecule has 0 aliphatic carbocycles. The summed E-state index contributed by atoms with van der Waals surface area (Å²) in [7, 11) is 0. The maximum absolute atomic E-state index is 9.25. The van der Waals surface area contributed by atoms with Crippen LogP contribution < -0.4 is 5.32 Å². The van der Waals surface area contributed by atoms with Crippen LogP contribution in [0.1, 0.15) is 22.3 Å². The van der Waals surface area contributed by atoms with Crippen molar-refractivity contribution < 1.29 is 5.11 Å². The summed E-state index contributed by atoms with van der Waals surface area (Å²) in [6.45, 7) is 6.40. The minimum absolute atomic E-state index is 0.0547. The molecule has 3 nitrogen and oxygen atoms in total. The maximum Gasteiger partial charge on any atom is 0.0733 e. The van der Waals surface area contributed by atoms with Crippen LogP contribution in [0.2, 0.25) is 0 Å². The number of aromatic nitrogens is 1. The van der Waals surface area contributed by atoms with Crippen molar-refractivity contribution in [1.82, 2.24) is 4.98 Å². The average Bonchev–Trinajstić information content (AvgIpc) is 2.63. The topological polar surface area (TPSA) is 45.1 Å². The van der Waals surface area contributed by atoms with Crippen LogP contribution in [0, 0.1) is 20.8 Å². The molecule has 0 atom stereocenters. The number of aliphatic hydroxyl groups excluding tert-OH is 1. The highest BCUT2D eigenvalue weighted by molar-refractivity contribution is 6.09. The Labute approximate surface area is 153 Å². The molecule has 0 bridgehead atoms. The van der Waals surface area contributed by atoms with E-state index in [4.69, 9.17) is 4.98 Å². The first-order valence-corrected chi connectivity index (χ1v) is 8.83. The van der Waals surface area contributed by atoms with Gasteiger partial charge in [-0.3, -0.25) is 0 Å². The van der Waals surface area contributed by atoms with Gasteiger partial charge in [-0.15, -0.1) is 0 Å². The van der Waals surface area contributed by atoms with Crippen LogP contribution in [0.3, 0.4) is 0 Å². The first-order valence-electron chi connectivity index (χ1n) is 8.83. The molecule has 3 heteroatoms. The van der Waals surface area contributed by atoms with Gasteiger partial charge in [0.15, 0.2) is 0 Å². The van der Waals surface area contributed by atoms with E-state index in [2.05, 4.69) is 56.4 Å². The normalized spacial score (nSPS) is 11.2. The maximum atomic E-state index is 9.25. The van der Waals surface area contributed by atoms with E-state index in [1.165, 1.54) is 16.7 Å². The molecule has 130 valence electrons. The fourth-order valence-electron chi connectivity index (χ4n) is 3.29. The largest absolute Gasteiger partial charge is 0.392 e. The Morgan fingerprint density at radius 3 is 2.23 bits per heavy atom. The number of nitrogens with zero attached hydrogens (tertiary/aromatic N) is 1. The summed E-state index contributed by atoms with van der Waals surface area (Å²) in [6, 6.07) is 18.6. The van der Waals surface area contributed by atoms with Gasteiger partial charge in [0, 0.05) is 16.5 Å². The summed E-state index contributed by atoms with van der Waals surface area (Å²) in [5.74, 6) is 0. The monoisotopic (exact) mass is 342 g/mol. The van der Waals surface area contributed by atoms with Crippen molar-refractivity contribution in [2.45, 2.75) is 27.4 Å². The molecule has 0 aliphatic rings. The Balaban J connectivity index is 1.97. The number of rotatable bonds is 3. The molecule has 0 radical (unpaired) electrons. The van der Waals surface area contributed by atoms with Gasteiger partial charge in [-0.1, -0.05) is 24.3 Å². The lowest BCUT2D eigenvalue weighted by Gasteiger charge is -2.15. The summed E-state index contributed by atoms with van der Waals surface area (Å²) in [4.78, 5) is 4.90. The van der Waals surface area contributed by atoms with E-state index < -0.39 is 0 Å². The van der Waals surface area contributed by atoms with Gasteiger partial charge in [-0.2, -0.15) is 0 Å². The zero-order chi connectivity index (χ0) is 18.3. The zero-order valence-corrected chi connectivity index (χ0v) is 15.3. The SMILES string of the molecule is Cc1ccc2c(Nc3ccc(CO)cc3)c3cc(C)c(C)cc3nc2c1. The summed E-state index contributed by atoms with van der Waals surface area (Å²) in [5, 5.41) is 15.1. The molecule has 0 unspecified atom stereocenters. The van der Waals surface area contributed by atoms with E-state index in [1.807, 2.05) is 24.3 Å². The summed E-state index contributed by atoms with van der Waals surface area (Å²) >= 11 is 0. The predicted molar refractivity (Wildman–Crippen MR) is 109 cm³/mol. The number of anilines is 2. The Bertz CT molecular complexity index is 1110. The molecule has 4 rings (SSSR count). The van der Waals surface area contributed by atoms with Crippen LogP contribution in [-0.2, 0) is 6.61 Å². The van der Waals surface area contributed by atoms with Crippen molar-refractivity contribution in [2.75, 3.05) is 5.32 Å². The lowest BCUT2D eigenvalue weighted by molar-refractivity contribution is 0.282. The molecule has 26 heavy (non-hydrogen) atoms. The molecular formula is C23H22N2O. The first-order chi connectivity index (χ1) is 12.5. The van der Waals surface area contributed by atoms with Gasteiger partial charge in [0.1, 0.15) is 0 Å². The molecule has 3 aromatic carbocycles. The number of benzene rings is 3. The van der Waals surface area contributed by atoms with E-state index in [0.29, 0.717) is 0 Å². The number of hydrogen-bond donors (Lipinski definition) is 2. The van der Waals surface area contributed by atoms with Crippen molar-refractivity contribution in [3.8, 4) is 0 Å². The van der Waals surface area contributed by atoms with Gasteiger partial charge in [-0.25, -0.2) is 4.98 Å². The number of nitrogens with one attached hydrogen (secondary N) is 1. The zero-order valence-electron chi connectivity index (χ0n) is 15.3. The third-order valence-corrected chi connectivity index (χ3v) is 4.95. The number of aliphatic hydroxyl groups is 1. The van der Waals surface area contributed by atoms with E-state index >= 15 is 0 Å². The molecule has 2 N–H and O–H groups in total. The van der Waals surface area contributed by atoms with Crippen LogP contribution in [-0.4, -0.2) is 10.1 Å². The predicted octanol–water partition coefficient (Wildman–Crippen LogP) is 5.55. The van der Waals surface area contributed by atoms with Crippen LogP contribution in [0.15, 0.2) is 54.6 Å². The molecule has 0 aliphatic heterocycles. The van der Waals surface area contributed by atoms with Crippen LogP contribution in [0.5, 0.6) is 0 Å². The van der Waals surface area contributed by atoms with Crippen molar-refractivity contribution in [1.29, 1.82) is 0 Å². The van der Waals surface area contributed by atoms with E-state index in [-0.39, 0.29) is 6.61 Å². The summed E-state index contributed by atoms with van der Waals surface area (Å²) in [5.41, 5.74) is 8.67. The second kappa shape index (κ2) is 6.43. The van der Waals surface area contributed by atoms with Gasteiger partial charge in [0.25, 0.3) is 0 Å². The Morgan fingerprint density at radius 1 is 0.808 bits per heavy atom. The molecule has 0 amide bonds. The van der Waals surface area contributed by atoms with Gasteiger partial charge in [-0.05, 0) is 73.4 Å². The lowest BCUT2D eigenvalue weighted by Crippen LogP contribution is -1.97. The summed E-state index contributed by atoms with van der Waals surface area (Å²) in [6.07, 6.45) is 0. The van der Waals surface area contributed by atoms with Gasteiger partial charge in [0.2, 0.25) is 0 Å².